The maximum Gasteiger partial charge on any atom is 0.180 e. The molecule has 1 saturated heterocycles. The maximum atomic E-state index is 14.6. The highest BCUT2D eigenvalue weighted by atomic mass is 19.1. The molecule has 0 bridgehead atoms. The first-order valence-electron chi connectivity index (χ1n) is 10.6. The van der Waals surface area contributed by atoms with Gasteiger partial charge in [-0.05, 0) is 48.4 Å². The number of aliphatic imine (C=N–C) groups is 1. The number of aliphatic hydroxyl groups is 1. The van der Waals surface area contributed by atoms with Crippen LogP contribution in [0.4, 0.5) is 21.6 Å². The fourth-order valence-electron chi connectivity index (χ4n) is 4.36. The molecule has 160 valence electrons. The van der Waals surface area contributed by atoms with Crippen LogP contribution < -0.4 is 10.2 Å². The Kier molecular flexibility index (Phi) is 4.39. The number of halogens is 1. The van der Waals surface area contributed by atoms with Gasteiger partial charge in [-0.15, -0.1) is 0 Å². The van der Waals surface area contributed by atoms with Crippen LogP contribution in [-0.2, 0) is 6.54 Å². The summed E-state index contributed by atoms with van der Waals surface area (Å²) in [5.74, 6) is 0.303. The maximum absolute atomic E-state index is 14.6. The van der Waals surface area contributed by atoms with Gasteiger partial charge in [-0.1, -0.05) is 0 Å². The topological polar surface area (TPSA) is 78.0 Å². The van der Waals surface area contributed by atoms with Gasteiger partial charge in [-0.2, -0.15) is 0 Å². The number of rotatable bonds is 4. The Labute approximate surface area is 183 Å². The summed E-state index contributed by atoms with van der Waals surface area (Å²) in [6, 6.07) is 11.5. The van der Waals surface area contributed by atoms with Gasteiger partial charge in [-0.3, -0.25) is 4.99 Å². The number of anilines is 3. The van der Waals surface area contributed by atoms with Crippen molar-refractivity contribution < 1.29 is 9.50 Å². The fourth-order valence-corrected chi connectivity index (χ4v) is 4.36. The van der Waals surface area contributed by atoms with Crippen molar-refractivity contribution in [3.8, 4) is 11.3 Å². The largest absolute Gasteiger partial charge is 0.391 e. The monoisotopic (exact) mass is 428 g/mol. The average molecular weight is 428 g/mol. The van der Waals surface area contributed by atoms with Gasteiger partial charge in [0.1, 0.15) is 5.82 Å². The second-order valence-electron chi connectivity index (χ2n) is 8.19. The van der Waals surface area contributed by atoms with Crippen LogP contribution in [0, 0.1) is 5.82 Å². The van der Waals surface area contributed by atoms with Crippen molar-refractivity contribution in [2.45, 2.75) is 19.1 Å². The molecule has 6 rings (SSSR count). The molecule has 1 fully saturated rings. The van der Waals surface area contributed by atoms with Gasteiger partial charge in [0.2, 0.25) is 0 Å². The Morgan fingerprint density at radius 1 is 1.16 bits per heavy atom. The summed E-state index contributed by atoms with van der Waals surface area (Å²) in [4.78, 5) is 15.5. The van der Waals surface area contributed by atoms with E-state index in [1.807, 2.05) is 47.1 Å². The highest BCUT2D eigenvalue weighted by Crippen LogP contribution is 2.29. The van der Waals surface area contributed by atoms with Gasteiger partial charge < -0.3 is 19.7 Å². The number of β-amino-alcohol motifs (C(OH)–C–C–N with tert-alkyl or cyclic N) is 1. The molecule has 32 heavy (non-hydrogen) atoms. The van der Waals surface area contributed by atoms with E-state index < -0.39 is 0 Å². The molecule has 4 aromatic rings. The lowest BCUT2D eigenvalue weighted by molar-refractivity contribution is 0.198. The van der Waals surface area contributed by atoms with Gasteiger partial charge >= 0.3 is 0 Å². The second-order valence-corrected chi connectivity index (χ2v) is 8.19. The van der Waals surface area contributed by atoms with E-state index in [0.717, 1.165) is 29.9 Å². The minimum absolute atomic E-state index is 0.260. The summed E-state index contributed by atoms with van der Waals surface area (Å²) in [6.45, 7) is 2.00. The molecular formula is C24H21FN6O. The third kappa shape index (κ3) is 3.29. The summed E-state index contributed by atoms with van der Waals surface area (Å²) in [5.41, 5.74) is 5.41. The zero-order valence-electron chi connectivity index (χ0n) is 17.2. The van der Waals surface area contributed by atoms with Crippen molar-refractivity contribution in [1.82, 2.24) is 14.4 Å². The number of aliphatic hydroxyl groups excluding tert-OH is 1. The molecular weight excluding hydrogens is 407 g/mol. The number of benzene rings is 2. The predicted octanol–water partition coefficient (Wildman–Crippen LogP) is 3.78. The average Bonchev–Trinajstić information content (AvgIpc) is 3.54. The van der Waals surface area contributed by atoms with Crippen LogP contribution >= 0.6 is 0 Å². The van der Waals surface area contributed by atoms with E-state index in [1.165, 1.54) is 6.07 Å². The molecule has 2 N–H and O–H groups in total. The van der Waals surface area contributed by atoms with Crippen molar-refractivity contribution in [1.29, 1.82) is 0 Å². The number of hydrogen-bond donors (Lipinski definition) is 2. The number of imidazole rings is 1. The van der Waals surface area contributed by atoms with Crippen LogP contribution in [0.15, 0.2) is 60.0 Å². The SMILES string of the molecule is O[C@H]1CCN(c2ccc(Nc3nc(-c4cc(F)c5c(c4)CN=C5)cn4ccnc34)cc2)C1. The molecule has 7 nitrogen and oxygen atoms in total. The molecule has 8 heteroatoms. The minimum atomic E-state index is -0.289. The Hall–Kier alpha value is -3.78. The lowest BCUT2D eigenvalue weighted by Crippen LogP contribution is -2.20. The van der Waals surface area contributed by atoms with Crippen molar-refractivity contribution in [3.63, 3.8) is 0 Å². The number of fused-ring (bicyclic) bond motifs is 2. The first kappa shape index (κ1) is 18.9. The van der Waals surface area contributed by atoms with Gasteiger partial charge in [0.25, 0.3) is 0 Å². The van der Waals surface area contributed by atoms with E-state index in [9.17, 15) is 9.50 Å². The molecule has 0 aliphatic carbocycles. The summed E-state index contributed by atoms with van der Waals surface area (Å²) in [6.07, 6.45) is 7.53. The van der Waals surface area contributed by atoms with Crippen LogP contribution in [0.5, 0.6) is 0 Å². The van der Waals surface area contributed by atoms with Crippen molar-refractivity contribution in [2.75, 3.05) is 23.3 Å². The molecule has 2 aromatic carbocycles. The third-order valence-electron chi connectivity index (χ3n) is 6.03. The number of nitrogens with one attached hydrogen (secondary N) is 1. The fraction of sp³-hybridized carbons (Fsp3) is 0.208. The van der Waals surface area contributed by atoms with E-state index >= 15 is 0 Å². The van der Waals surface area contributed by atoms with Gasteiger partial charge in [-0.25, -0.2) is 14.4 Å². The number of aromatic nitrogens is 3. The highest BCUT2D eigenvalue weighted by Gasteiger charge is 2.20. The molecule has 0 amide bonds. The molecule has 0 saturated carbocycles. The zero-order chi connectivity index (χ0) is 21.7. The Balaban J connectivity index is 1.34. The summed E-state index contributed by atoms with van der Waals surface area (Å²) in [5, 5.41) is 13.1. The molecule has 2 aliphatic rings. The smallest absolute Gasteiger partial charge is 0.180 e. The Morgan fingerprint density at radius 3 is 2.84 bits per heavy atom. The molecule has 1 atom stereocenters. The molecule has 4 heterocycles. The minimum Gasteiger partial charge on any atom is -0.391 e. The van der Waals surface area contributed by atoms with Crippen molar-refractivity contribution >= 4 is 29.1 Å². The quantitative estimate of drug-likeness (QED) is 0.517. The summed E-state index contributed by atoms with van der Waals surface area (Å²) < 4.78 is 16.4. The van der Waals surface area contributed by atoms with Crippen molar-refractivity contribution in [3.05, 3.63) is 71.9 Å². The van der Waals surface area contributed by atoms with E-state index in [1.54, 1.807) is 12.4 Å². The van der Waals surface area contributed by atoms with Crippen LogP contribution in [0.3, 0.4) is 0 Å². The molecule has 2 aliphatic heterocycles. The van der Waals surface area contributed by atoms with E-state index in [2.05, 4.69) is 20.2 Å². The van der Waals surface area contributed by atoms with E-state index in [0.29, 0.717) is 41.4 Å². The van der Waals surface area contributed by atoms with Crippen LogP contribution in [0.25, 0.3) is 16.9 Å². The van der Waals surface area contributed by atoms with Crippen molar-refractivity contribution in [2.24, 2.45) is 4.99 Å². The Bertz CT molecular complexity index is 1350. The predicted molar refractivity (Wildman–Crippen MR) is 122 cm³/mol. The highest BCUT2D eigenvalue weighted by molar-refractivity contribution is 5.86. The molecule has 0 radical (unpaired) electrons. The zero-order valence-corrected chi connectivity index (χ0v) is 17.2. The normalized spacial score (nSPS) is 17.3. The molecule has 0 unspecified atom stereocenters. The van der Waals surface area contributed by atoms with Gasteiger partial charge in [0.05, 0.1) is 18.3 Å². The number of hydrogen-bond acceptors (Lipinski definition) is 6. The standard InChI is InChI=1S/C24H21FN6O/c25-21-10-15(9-16-11-26-12-20(16)21)22-14-31-8-6-27-24(31)23(29-22)28-17-1-3-18(4-2-17)30-7-5-19(32)13-30/h1-4,6,8-10,12,14,19,32H,5,7,11,13H2,(H,28,29)/t19-/m0/s1. The van der Waals surface area contributed by atoms with Crippen LogP contribution in [-0.4, -0.2) is 44.9 Å². The van der Waals surface area contributed by atoms with Gasteiger partial charge in [0.15, 0.2) is 11.5 Å². The second kappa shape index (κ2) is 7.42. The lowest BCUT2D eigenvalue weighted by atomic mass is 10.0. The molecule has 0 spiro atoms. The van der Waals surface area contributed by atoms with E-state index in [-0.39, 0.29) is 11.9 Å². The number of nitrogens with zero attached hydrogens (tertiary/aromatic N) is 5. The van der Waals surface area contributed by atoms with Crippen LogP contribution in [0.2, 0.25) is 0 Å². The first-order chi connectivity index (χ1) is 15.6. The van der Waals surface area contributed by atoms with Gasteiger partial charge in [0, 0.05) is 60.4 Å². The Morgan fingerprint density at radius 2 is 2.03 bits per heavy atom. The lowest BCUT2D eigenvalue weighted by Gasteiger charge is -2.18. The third-order valence-corrected chi connectivity index (χ3v) is 6.03. The van der Waals surface area contributed by atoms with Crippen LogP contribution in [0.1, 0.15) is 17.5 Å². The first-order valence-corrected chi connectivity index (χ1v) is 10.6. The summed E-state index contributed by atoms with van der Waals surface area (Å²) in [7, 11) is 0. The summed E-state index contributed by atoms with van der Waals surface area (Å²) >= 11 is 0. The molecule has 2 aromatic heterocycles. The van der Waals surface area contributed by atoms with E-state index in [4.69, 9.17) is 4.98 Å².